The van der Waals surface area contributed by atoms with Gasteiger partial charge in [-0.25, -0.2) is 0 Å². The van der Waals surface area contributed by atoms with Gasteiger partial charge in [0.25, 0.3) is 0 Å². The molecule has 1 aromatic carbocycles. The number of benzene rings is 1. The Hall–Kier alpha value is -2.23. The third kappa shape index (κ3) is 1.99. The summed E-state index contributed by atoms with van der Waals surface area (Å²) >= 11 is 0. The van der Waals surface area contributed by atoms with Gasteiger partial charge in [0, 0.05) is 12.5 Å². The molecule has 1 heterocycles. The molecule has 0 radical (unpaired) electrons. The summed E-state index contributed by atoms with van der Waals surface area (Å²) in [6.45, 7) is 2.08. The normalized spacial score (nSPS) is 21.5. The fourth-order valence-electron chi connectivity index (χ4n) is 2.42. The first-order valence-electron chi connectivity index (χ1n) is 6.23. The second-order valence-electron chi connectivity index (χ2n) is 5.01. The first-order chi connectivity index (χ1) is 9.04. The van der Waals surface area contributed by atoms with Gasteiger partial charge in [-0.05, 0) is 30.1 Å². The third-order valence-corrected chi connectivity index (χ3v) is 3.43. The molecule has 0 spiro atoms. The van der Waals surface area contributed by atoms with Crippen molar-refractivity contribution in [2.45, 2.75) is 19.8 Å². The standard InChI is InChI=1S/C15H14O4/c1-8-2-3-14-9(4-8)5-11(16)10-6-12(17)13(18)7-15(10)19-14/h3-4,6-8,17-18H,2,5H2,1H3. The summed E-state index contributed by atoms with van der Waals surface area (Å²) in [5, 5.41) is 19.0. The van der Waals surface area contributed by atoms with E-state index in [2.05, 4.69) is 6.92 Å². The molecule has 1 aliphatic heterocycles. The molecule has 1 unspecified atom stereocenters. The topological polar surface area (TPSA) is 66.8 Å². The zero-order chi connectivity index (χ0) is 13.6. The van der Waals surface area contributed by atoms with E-state index in [1.807, 2.05) is 12.2 Å². The largest absolute Gasteiger partial charge is 0.504 e. The van der Waals surface area contributed by atoms with Crippen molar-refractivity contribution < 1.29 is 19.7 Å². The maximum Gasteiger partial charge on any atom is 0.171 e. The lowest BCUT2D eigenvalue weighted by atomic mass is 9.93. The molecule has 98 valence electrons. The minimum absolute atomic E-state index is 0.117. The maximum absolute atomic E-state index is 12.2. The number of ketones is 1. The summed E-state index contributed by atoms with van der Waals surface area (Å²) in [5.74, 6) is 0.646. The van der Waals surface area contributed by atoms with Gasteiger partial charge in [0.15, 0.2) is 17.3 Å². The molecule has 0 saturated carbocycles. The van der Waals surface area contributed by atoms with Gasteiger partial charge in [-0.2, -0.15) is 0 Å². The molecule has 19 heavy (non-hydrogen) atoms. The molecule has 3 rings (SSSR count). The van der Waals surface area contributed by atoms with E-state index in [-0.39, 0.29) is 23.7 Å². The van der Waals surface area contributed by atoms with Crippen molar-refractivity contribution in [1.29, 1.82) is 0 Å². The monoisotopic (exact) mass is 258 g/mol. The second kappa shape index (κ2) is 4.16. The minimum Gasteiger partial charge on any atom is -0.504 e. The van der Waals surface area contributed by atoms with Crippen LogP contribution in [-0.2, 0) is 0 Å². The number of fused-ring (bicyclic) bond motifs is 2. The van der Waals surface area contributed by atoms with Gasteiger partial charge in [-0.1, -0.05) is 13.0 Å². The zero-order valence-electron chi connectivity index (χ0n) is 10.5. The lowest BCUT2D eigenvalue weighted by Crippen LogP contribution is -2.06. The Kier molecular flexibility index (Phi) is 2.59. The molecular formula is C15H14O4. The van der Waals surface area contributed by atoms with Crippen LogP contribution in [0.1, 0.15) is 30.1 Å². The molecule has 2 aliphatic rings. The molecular weight excluding hydrogens is 244 g/mol. The fraction of sp³-hybridized carbons (Fsp3) is 0.267. The van der Waals surface area contributed by atoms with E-state index in [0.717, 1.165) is 12.0 Å². The van der Waals surface area contributed by atoms with Crippen LogP contribution >= 0.6 is 0 Å². The van der Waals surface area contributed by atoms with E-state index in [1.165, 1.54) is 12.1 Å². The number of phenolic OH excluding ortho intramolecular Hbond substituents is 2. The number of hydrogen-bond donors (Lipinski definition) is 2. The predicted octanol–water partition coefficient (Wildman–Crippen LogP) is 2.91. The van der Waals surface area contributed by atoms with Crippen LogP contribution in [0.15, 0.2) is 35.6 Å². The third-order valence-electron chi connectivity index (χ3n) is 3.43. The van der Waals surface area contributed by atoms with E-state index in [4.69, 9.17) is 4.74 Å². The first kappa shape index (κ1) is 11.8. The zero-order valence-corrected chi connectivity index (χ0v) is 10.5. The van der Waals surface area contributed by atoms with Gasteiger partial charge in [-0.3, -0.25) is 4.79 Å². The quantitative estimate of drug-likeness (QED) is 0.702. The highest BCUT2D eigenvalue weighted by molar-refractivity contribution is 6.01. The number of allylic oxidation sites excluding steroid dienone is 3. The average molecular weight is 258 g/mol. The molecule has 1 atom stereocenters. The van der Waals surface area contributed by atoms with Crippen molar-refractivity contribution >= 4 is 5.78 Å². The number of hydrogen-bond acceptors (Lipinski definition) is 4. The highest BCUT2D eigenvalue weighted by Gasteiger charge is 2.26. The average Bonchev–Trinajstić information content (AvgIpc) is 2.47. The molecule has 0 bridgehead atoms. The van der Waals surface area contributed by atoms with E-state index < -0.39 is 0 Å². The van der Waals surface area contributed by atoms with Crippen LogP contribution in [0.5, 0.6) is 17.2 Å². The summed E-state index contributed by atoms with van der Waals surface area (Å²) < 4.78 is 5.72. The van der Waals surface area contributed by atoms with Crippen molar-refractivity contribution in [2.24, 2.45) is 5.92 Å². The molecule has 4 nitrogen and oxygen atoms in total. The summed E-state index contributed by atoms with van der Waals surface area (Å²) in [6, 6.07) is 2.54. The first-order valence-corrected chi connectivity index (χ1v) is 6.23. The van der Waals surface area contributed by atoms with E-state index in [9.17, 15) is 15.0 Å². The number of carbonyl (C=O) groups is 1. The molecule has 1 aromatic rings. The Labute approximate surface area is 110 Å². The highest BCUT2D eigenvalue weighted by Crippen LogP contribution is 2.39. The Bertz CT molecular complexity index is 625. The Balaban J connectivity index is 2.11. The lowest BCUT2D eigenvalue weighted by Gasteiger charge is -2.17. The smallest absolute Gasteiger partial charge is 0.171 e. The van der Waals surface area contributed by atoms with Crippen molar-refractivity contribution in [3.05, 3.63) is 41.2 Å². The number of phenols is 2. The number of aromatic hydroxyl groups is 2. The van der Waals surface area contributed by atoms with Gasteiger partial charge >= 0.3 is 0 Å². The number of rotatable bonds is 0. The van der Waals surface area contributed by atoms with Crippen LogP contribution < -0.4 is 4.74 Å². The molecule has 2 N–H and O–H groups in total. The molecule has 1 aliphatic carbocycles. The fourth-order valence-corrected chi connectivity index (χ4v) is 2.42. The Morgan fingerprint density at radius 2 is 2.00 bits per heavy atom. The molecule has 0 amide bonds. The van der Waals surface area contributed by atoms with Crippen molar-refractivity contribution in [3.63, 3.8) is 0 Å². The van der Waals surface area contributed by atoms with Gasteiger partial charge < -0.3 is 14.9 Å². The number of carbonyl (C=O) groups excluding carboxylic acids is 1. The van der Waals surface area contributed by atoms with Crippen LogP contribution in [-0.4, -0.2) is 16.0 Å². The van der Waals surface area contributed by atoms with Crippen molar-refractivity contribution in [2.75, 3.05) is 0 Å². The summed E-state index contributed by atoms with van der Waals surface area (Å²) in [4.78, 5) is 12.2. The predicted molar refractivity (Wildman–Crippen MR) is 69.3 cm³/mol. The van der Waals surface area contributed by atoms with Crippen LogP contribution in [0, 0.1) is 5.92 Å². The lowest BCUT2D eigenvalue weighted by molar-refractivity contribution is 0.0994. The SMILES string of the molecule is CC1C=C2CC(=O)c3cc(O)c(O)cc3OC2=CC1. The van der Waals surface area contributed by atoms with E-state index >= 15 is 0 Å². The number of Topliss-reactive ketones (excluding diaryl/α,β-unsaturated/α-hetero) is 1. The van der Waals surface area contributed by atoms with Crippen LogP contribution in [0.4, 0.5) is 0 Å². The molecule has 0 aromatic heterocycles. The van der Waals surface area contributed by atoms with E-state index in [0.29, 0.717) is 23.0 Å². The maximum atomic E-state index is 12.2. The summed E-state index contributed by atoms with van der Waals surface area (Å²) in [5.41, 5.74) is 1.18. The van der Waals surface area contributed by atoms with Gasteiger partial charge in [-0.15, -0.1) is 0 Å². The van der Waals surface area contributed by atoms with Gasteiger partial charge in [0.1, 0.15) is 11.5 Å². The molecule has 0 fully saturated rings. The van der Waals surface area contributed by atoms with E-state index in [1.54, 1.807) is 0 Å². The highest BCUT2D eigenvalue weighted by atomic mass is 16.5. The van der Waals surface area contributed by atoms with Gasteiger partial charge in [0.2, 0.25) is 0 Å². The summed E-state index contributed by atoms with van der Waals surface area (Å²) in [7, 11) is 0. The van der Waals surface area contributed by atoms with Crippen molar-refractivity contribution in [1.82, 2.24) is 0 Å². The van der Waals surface area contributed by atoms with Gasteiger partial charge in [0.05, 0.1) is 5.56 Å². The van der Waals surface area contributed by atoms with Crippen molar-refractivity contribution in [3.8, 4) is 17.2 Å². The van der Waals surface area contributed by atoms with Crippen LogP contribution in [0.25, 0.3) is 0 Å². The van der Waals surface area contributed by atoms with Crippen LogP contribution in [0.3, 0.4) is 0 Å². The van der Waals surface area contributed by atoms with Crippen LogP contribution in [0.2, 0.25) is 0 Å². The molecule has 4 heteroatoms. The summed E-state index contributed by atoms with van der Waals surface area (Å²) in [6.07, 6.45) is 5.13. The minimum atomic E-state index is -0.308. The molecule has 0 saturated heterocycles. The Morgan fingerprint density at radius 3 is 2.79 bits per heavy atom. The second-order valence-corrected chi connectivity index (χ2v) is 5.01. The Morgan fingerprint density at radius 1 is 1.26 bits per heavy atom. The number of ether oxygens (including phenoxy) is 1.